The lowest BCUT2D eigenvalue weighted by Crippen LogP contribution is -2.19. The van der Waals surface area contributed by atoms with E-state index in [2.05, 4.69) is 17.2 Å². The number of hydrogen-bond acceptors (Lipinski definition) is 4. The fraction of sp³-hybridized carbons (Fsp3) is 0.778. The van der Waals surface area contributed by atoms with Gasteiger partial charge >= 0.3 is 0 Å². The molecule has 5 nitrogen and oxygen atoms in total. The van der Waals surface area contributed by atoms with Gasteiger partial charge in [-0.25, -0.2) is 4.68 Å². The number of aliphatic hydroxyl groups excluding tert-OH is 1. The summed E-state index contributed by atoms with van der Waals surface area (Å²) in [4.78, 5) is 0. The largest absolute Gasteiger partial charge is 0.390 e. The second-order valence-electron chi connectivity index (χ2n) is 3.71. The van der Waals surface area contributed by atoms with Crippen molar-refractivity contribution in [3.63, 3.8) is 0 Å². The first kappa shape index (κ1) is 9.61. The maximum absolute atomic E-state index is 8.99. The molecule has 1 aromatic heterocycles. The highest BCUT2D eigenvalue weighted by Crippen LogP contribution is 2.20. The molecule has 14 heavy (non-hydrogen) atoms. The molecule has 0 aliphatic carbocycles. The zero-order chi connectivity index (χ0) is 9.97. The quantitative estimate of drug-likeness (QED) is 0.759. The summed E-state index contributed by atoms with van der Waals surface area (Å²) in [7, 11) is 0. The Bertz CT molecular complexity index is 300. The van der Waals surface area contributed by atoms with Crippen LogP contribution in [0.5, 0.6) is 0 Å². The molecule has 1 aromatic rings. The monoisotopic (exact) mass is 197 g/mol. The van der Waals surface area contributed by atoms with Gasteiger partial charge in [-0.15, -0.1) is 5.10 Å². The molecule has 2 atom stereocenters. The number of aliphatic hydroxyl groups is 1. The number of nitrogens with zero attached hydrogens (tertiary/aromatic N) is 3. The smallest absolute Gasteiger partial charge is 0.0866 e. The highest BCUT2D eigenvalue weighted by molar-refractivity contribution is 4.91. The van der Waals surface area contributed by atoms with Gasteiger partial charge in [0.15, 0.2) is 0 Å². The number of rotatable bonds is 3. The Hall–Kier alpha value is -0.940. The summed E-state index contributed by atoms with van der Waals surface area (Å²) in [6.07, 6.45) is 4.32. The average molecular weight is 197 g/mol. The van der Waals surface area contributed by atoms with Crippen LogP contribution in [0.4, 0.5) is 0 Å². The van der Waals surface area contributed by atoms with Gasteiger partial charge in [0, 0.05) is 0 Å². The van der Waals surface area contributed by atoms with E-state index in [1.807, 2.05) is 0 Å². The number of hydrogen-bond donors (Lipinski definition) is 1. The van der Waals surface area contributed by atoms with Gasteiger partial charge in [-0.2, -0.15) is 0 Å². The Balaban J connectivity index is 1.97. The molecular weight excluding hydrogens is 182 g/mol. The summed E-state index contributed by atoms with van der Waals surface area (Å²) in [6.45, 7) is 2.75. The Morgan fingerprint density at radius 1 is 1.64 bits per heavy atom. The standard InChI is InChI=1S/C9H15N3O2/c1-7-2-3-9(14-7)5-12-8(6-13)4-10-11-12/h4,7,9,13H,2-3,5-6H2,1H3. The van der Waals surface area contributed by atoms with E-state index < -0.39 is 0 Å². The molecule has 1 aliphatic rings. The van der Waals surface area contributed by atoms with Crippen molar-refractivity contribution >= 4 is 0 Å². The molecule has 0 saturated carbocycles. The van der Waals surface area contributed by atoms with E-state index in [1.165, 1.54) is 0 Å². The molecule has 2 heterocycles. The van der Waals surface area contributed by atoms with Crippen molar-refractivity contribution in [1.29, 1.82) is 0 Å². The zero-order valence-electron chi connectivity index (χ0n) is 8.26. The van der Waals surface area contributed by atoms with Crippen LogP contribution < -0.4 is 0 Å². The molecule has 1 fully saturated rings. The maximum Gasteiger partial charge on any atom is 0.0866 e. The van der Waals surface area contributed by atoms with Crippen LogP contribution in [0, 0.1) is 0 Å². The van der Waals surface area contributed by atoms with Crippen molar-refractivity contribution in [3.8, 4) is 0 Å². The normalized spacial score (nSPS) is 27.0. The minimum Gasteiger partial charge on any atom is -0.390 e. The Kier molecular flexibility index (Phi) is 2.79. The van der Waals surface area contributed by atoms with Crippen LogP contribution in [0.1, 0.15) is 25.5 Å². The minimum atomic E-state index is -0.0186. The lowest BCUT2D eigenvalue weighted by Gasteiger charge is -2.11. The first-order chi connectivity index (χ1) is 6.79. The second-order valence-corrected chi connectivity index (χ2v) is 3.71. The minimum absolute atomic E-state index is 0.0186. The van der Waals surface area contributed by atoms with Gasteiger partial charge in [-0.3, -0.25) is 0 Å². The van der Waals surface area contributed by atoms with Gasteiger partial charge in [0.25, 0.3) is 0 Å². The van der Waals surface area contributed by atoms with E-state index >= 15 is 0 Å². The molecule has 0 amide bonds. The molecular formula is C9H15N3O2. The predicted octanol–water partition coefficient (Wildman–Crippen LogP) is 0.338. The van der Waals surface area contributed by atoms with Crippen molar-refractivity contribution in [1.82, 2.24) is 15.0 Å². The third kappa shape index (κ3) is 1.93. The first-order valence-corrected chi connectivity index (χ1v) is 4.93. The van der Waals surface area contributed by atoms with Crippen LogP contribution in [-0.4, -0.2) is 32.3 Å². The zero-order valence-corrected chi connectivity index (χ0v) is 8.26. The van der Waals surface area contributed by atoms with Crippen LogP contribution >= 0.6 is 0 Å². The van der Waals surface area contributed by atoms with Crippen LogP contribution in [0.3, 0.4) is 0 Å². The molecule has 1 aliphatic heterocycles. The molecule has 1 N–H and O–H groups in total. The van der Waals surface area contributed by atoms with Crippen LogP contribution in [-0.2, 0) is 17.9 Å². The van der Waals surface area contributed by atoms with Crippen LogP contribution in [0.2, 0.25) is 0 Å². The van der Waals surface area contributed by atoms with E-state index in [1.54, 1.807) is 10.9 Å². The molecule has 0 bridgehead atoms. The SMILES string of the molecule is CC1CCC(Cn2nncc2CO)O1. The van der Waals surface area contributed by atoms with E-state index in [-0.39, 0.29) is 12.7 Å². The molecule has 78 valence electrons. The Labute approximate surface area is 82.7 Å². The van der Waals surface area contributed by atoms with Crippen LogP contribution in [0.25, 0.3) is 0 Å². The fourth-order valence-corrected chi connectivity index (χ4v) is 1.77. The van der Waals surface area contributed by atoms with Gasteiger partial charge in [0.1, 0.15) is 0 Å². The van der Waals surface area contributed by atoms with Crippen molar-refractivity contribution in [2.45, 2.75) is 45.1 Å². The molecule has 0 radical (unpaired) electrons. The van der Waals surface area contributed by atoms with E-state index in [9.17, 15) is 0 Å². The Morgan fingerprint density at radius 2 is 2.50 bits per heavy atom. The molecule has 0 spiro atoms. The maximum atomic E-state index is 8.99. The van der Waals surface area contributed by atoms with Gasteiger partial charge in [0.05, 0.1) is 37.3 Å². The molecule has 2 unspecified atom stereocenters. The molecule has 5 heteroatoms. The van der Waals surface area contributed by atoms with E-state index in [4.69, 9.17) is 9.84 Å². The summed E-state index contributed by atoms with van der Waals surface area (Å²) in [5, 5.41) is 16.6. The third-order valence-electron chi connectivity index (χ3n) is 2.56. The topological polar surface area (TPSA) is 60.2 Å². The van der Waals surface area contributed by atoms with Gasteiger partial charge in [-0.1, -0.05) is 5.21 Å². The third-order valence-corrected chi connectivity index (χ3v) is 2.56. The van der Waals surface area contributed by atoms with Crippen molar-refractivity contribution in [2.24, 2.45) is 0 Å². The number of ether oxygens (including phenoxy) is 1. The van der Waals surface area contributed by atoms with Gasteiger partial charge in [0.2, 0.25) is 0 Å². The van der Waals surface area contributed by atoms with Gasteiger partial charge < -0.3 is 9.84 Å². The highest BCUT2D eigenvalue weighted by Gasteiger charge is 2.22. The second kappa shape index (κ2) is 4.06. The molecule has 2 rings (SSSR count). The Morgan fingerprint density at radius 3 is 3.14 bits per heavy atom. The van der Waals surface area contributed by atoms with E-state index in [0.29, 0.717) is 12.6 Å². The fourth-order valence-electron chi connectivity index (χ4n) is 1.77. The summed E-state index contributed by atoms with van der Waals surface area (Å²) in [5.41, 5.74) is 0.744. The lowest BCUT2D eigenvalue weighted by atomic mass is 10.2. The molecule has 1 saturated heterocycles. The first-order valence-electron chi connectivity index (χ1n) is 4.93. The number of aromatic nitrogens is 3. The summed E-state index contributed by atoms with van der Waals surface area (Å²) >= 11 is 0. The van der Waals surface area contributed by atoms with Crippen LogP contribution in [0.15, 0.2) is 6.20 Å². The highest BCUT2D eigenvalue weighted by atomic mass is 16.5. The van der Waals surface area contributed by atoms with Crippen molar-refractivity contribution < 1.29 is 9.84 Å². The van der Waals surface area contributed by atoms with Crippen molar-refractivity contribution in [3.05, 3.63) is 11.9 Å². The summed E-state index contributed by atoms with van der Waals surface area (Å²) < 4.78 is 7.37. The molecule has 0 aromatic carbocycles. The summed E-state index contributed by atoms with van der Waals surface area (Å²) in [5.74, 6) is 0. The average Bonchev–Trinajstić information content (AvgIpc) is 2.76. The lowest BCUT2D eigenvalue weighted by molar-refractivity contribution is 0.0422. The van der Waals surface area contributed by atoms with E-state index in [0.717, 1.165) is 18.5 Å². The van der Waals surface area contributed by atoms with Gasteiger partial charge in [-0.05, 0) is 19.8 Å². The summed E-state index contributed by atoms with van der Waals surface area (Å²) in [6, 6.07) is 0. The predicted molar refractivity (Wildman–Crippen MR) is 49.5 cm³/mol. The van der Waals surface area contributed by atoms with Crippen molar-refractivity contribution in [2.75, 3.05) is 0 Å².